The van der Waals surface area contributed by atoms with E-state index in [-0.39, 0.29) is 3.58 Å². The van der Waals surface area contributed by atoms with Gasteiger partial charge in [0.1, 0.15) is 0 Å². The van der Waals surface area contributed by atoms with Gasteiger partial charge in [0.2, 0.25) is 0 Å². The molecule has 0 radical (unpaired) electrons. The van der Waals surface area contributed by atoms with Crippen LogP contribution in [0.25, 0.3) is 0 Å². The van der Waals surface area contributed by atoms with Crippen molar-refractivity contribution in [3.05, 3.63) is 23.5 Å². The van der Waals surface area contributed by atoms with Gasteiger partial charge in [-0.25, -0.2) is 0 Å². The third kappa shape index (κ3) is 5.07. The number of nitrogens with zero attached hydrogens (tertiary/aromatic N) is 1. The molecule has 23 heavy (non-hydrogen) atoms. The summed E-state index contributed by atoms with van der Waals surface area (Å²) in [6, 6.07) is 0. The zero-order valence-electron chi connectivity index (χ0n) is 14.3. The first-order valence-corrected chi connectivity index (χ1v) is 16.1. The fourth-order valence-electron chi connectivity index (χ4n) is 3.23. The summed E-state index contributed by atoms with van der Waals surface area (Å²) in [4.78, 5) is 3.03. The number of hydrogen-bond donors (Lipinski definition) is 0. The third-order valence-corrected chi connectivity index (χ3v) is 20.0. The molecule has 0 saturated carbocycles. The van der Waals surface area contributed by atoms with Gasteiger partial charge in [0, 0.05) is 0 Å². The molecule has 0 aromatic carbocycles. The molecule has 6 heteroatoms. The molecule has 1 aromatic heterocycles. The Morgan fingerprint density at radius 1 is 0.696 bits per heavy atom. The second-order valence-corrected chi connectivity index (χ2v) is 19.3. The van der Waals surface area contributed by atoms with Crippen LogP contribution in [0.5, 0.6) is 0 Å². The first kappa shape index (κ1) is 20.7. The number of aromatic nitrogens is 1. The van der Waals surface area contributed by atoms with Gasteiger partial charge in [-0.1, -0.05) is 0 Å². The SMILES string of the molecule is CCC[CH2][Sn]([CH2]CCC)([CH2]CCC)[c]1c(F)nc(F)c(F)c1F. The summed E-state index contributed by atoms with van der Waals surface area (Å²) in [6.07, 6.45) is 5.41. The second-order valence-electron chi connectivity index (χ2n) is 6.29. The molecule has 0 spiro atoms. The number of pyridine rings is 1. The monoisotopic (exact) mass is 441 g/mol. The first-order valence-electron chi connectivity index (χ1n) is 8.64. The number of rotatable bonds is 10. The zero-order chi connectivity index (χ0) is 17.5. The molecule has 0 unspecified atom stereocenters. The summed E-state index contributed by atoms with van der Waals surface area (Å²) in [5, 5.41) is 0. The Morgan fingerprint density at radius 3 is 1.52 bits per heavy atom. The van der Waals surface area contributed by atoms with Gasteiger partial charge in [0.25, 0.3) is 0 Å². The third-order valence-electron chi connectivity index (χ3n) is 4.55. The van der Waals surface area contributed by atoms with Crippen LogP contribution >= 0.6 is 0 Å². The van der Waals surface area contributed by atoms with E-state index in [1.54, 1.807) is 0 Å². The van der Waals surface area contributed by atoms with Gasteiger partial charge in [0.05, 0.1) is 0 Å². The van der Waals surface area contributed by atoms with E-state index in [0.29, 0.717) is 0 Å². The quantitative estimate of drug-likeness (QED) is 0.259. The summed E-state index contributed by atoms with van der Waals surface area (Å²) in [5.41, 5.74) is 0. The first-order chi connectivity index (χ1) is 10.9. The number of halogens is 4. The molecule has 1 rings (SSSR count). The second kappa shape index (κ2) is 9.84. The summed E-state index contributed by atoms with van der Waals surface area (Å²) in [5.74, 6) is -5.72. The molecule has 0 amide bonds. The molecule has 0 saturated heterocycles. The number of unbranched alkanes of at least 4 members (excludes halogenated alkanes) is 3. The molecule has 0 N–H and O–H groups in total. The molecule has 0 aliphatic rings. The van der Waals surface area contributed by atoms with Crippen LogP contribution in [0.3, 0.4) is 0 Å². The Labute approximate surface area is 140 Å². The van der Waals surface area contributed by atoms with Gasteiger partial charge in [0.15, 0.2) is 0 Å². The van der Waals surface area contributed by atoms with E-state index in [0.717, 1.165) is 51.8 Å². The van der Waals surface area contributed by atoms with Gasteiger partial charge >= 0.3 is 141 Å². The van der Waals surface area contributed by atoms with Crippen LogP contribution in [0.15, 0.2) is 0 Å². The average Bonchev–Trinajstić information content (AvgIpc) is 2.53. The zero-order valence-corrected chi connectivity index (χ0v) is 17.2. The molecule has 1 heterocycles. The van der Waals surface area contributed by atoms with E-state index in [1.807, 2.05) is 20.8 Å². The van der Waals surface area contributed by atoms with E-state index < -0.39 is 41.9 Å². The van der Waals surface area contributed by atoms with Crippen LogP contribution in [0.1, 0.15) is 59.3 Å². The molecule has 1 aromatic rings. The van der Waals surface area contributed by atoms with Crippen molar-refractivity contribution >= 4 is 22.0 Å². The maximum atomic E-state index is 14.5. The molecule has 1 nitrogen and oxygen atoms in total. The van der Waals surface area contributed by atoms with Crippen LogP contribution in [0.2, 0.25) is 13.3 Å². The topological polar surface area (TPSA) is 12.9 Å². The predicted octanol–water partition coefficient (Wildman–Crippen LogP) is 5.69. The normalized spacial score (nSPS) is 12.0. The van der Waals surface area contributed by atoms with Gasteiger partial charge in [-0.3, -0.25) is 0 Å². The summed E-state index contributed by atoms with van der Waals surface area (Å²) in [7, 11) is 0. The van der Waals surface area contributed by atoms with Gasteiger partial charge in [-0.2, -0.15) is 0 Å². The van der Waals surface area contributed by atoms with Crippen molar-refractivity contribution in [1.82, 2.24) is 4.98 Å². The minimum absolute atomic E-state index is 0.145. The van der Waals surface area contributed by atoms with Gasteiger partial charge in [-0.15, -0.1) is 0 Å². The van der Waals surface area contributed by atoms with Crippen LogP contribution in [0, 0.1) is 23.5 Å². The number of hydrogen-bond acceptors (Lipinski definition) is 1. The van der Waals surface area contributed by atoms with E-state index in [2.05, 4.69) is 4.98 Å². The minimum atomic E-state index is -3.51. The van der Waals surface area contributed by atoms with Crippen molar-refractivity contribution in [2.75, 3.05) is 0 Å². The van der Waals surface area contributed by atoms with E-state index in [1.165, 1.54) is 0 Å². The standard InChI is InChI=1S/C5F4N.3C4H9.Sn/c6-2-1-3(7)10-5(9)4(2)8;3*1-3-4-2;/h;3*1,3-4H2,2H3;. The van der Waals surface area contributed by atoms with Crippen LogP contribution in [-0.4, -0.2) is 23.4 Å². The van der Waals surface area contributed by atoms with Crippen molar-refractivity contribution in [2.45, 2.75) is 72.6 Å². The summed E-state index contributed by atoms with van der Waals surface area (Å²) >= 11 is -3.51. The maximum absolute atomic E-state index is 14.5. The predicted molar refractivity (Wildman–Crippen MR) is 88.6 cm³/mol. The van der Waals surface area contributed by atoms with Crippen molar-refractivity contribution < 1.29 is 17.6 Å². The summed E-state index contributed by atoms with van der Waals surface area (Å²) < 4.78 is 57.9. The Kier molecular flexibility index (Phi) is 8.86. The van der Waals surface area contributed by atoms with Crippen LogP contribution < -0.4 is 3.58 Å². The van der Waals surface area contributed by atoms with E-state index in [9.17, 15) is 17.6 Å². The molecule has 0 bridgehead atoms. The Bertz CT molecular complexity index is 486. The van der Waals surface area contributed by atoms with Crippen LogP contribution in [0.4, 0.5) is 17.6 Å². The molecule has 0 aliphatic carbocycles. The van der Waals surface area contributed by atoms with Crippen molar-refractivity contribution in [1.29, 1.82) is 0 Å². The van der Waals surface area contributed by atoms with Crippen molar-refractivity contribution in [2.24, 2.45) is 0 Å². The summed E-state index contributed by atoms with van der Waals surface area (Å²) in [6.45, 7) is 6.10. The molecule has 0 fully saturated rings. The molecule has 0 atom stereocenters. The van der Waals surface area contributed by atoms with E-state index in [4.69, 9.17) is 0 Å². The average molecular weight is 440 g/mol. The van der Waals surface area contributed by atoms with Crippen molar-refractivity contribution in [3.63, 3.8) is 0 Å². The molecule has 0 aliphatic heterocycles. The fourth-order valence-corrected chi connectivity index (χ4v) is 19.4. The molecule has 132 valence electrons. The van der Waals surface area contributed by atoms with E-state index >= 15 is 0 Å². The Balaban J connectivity index is 3.43. The van der Waals surface area contributed by atoms with Gasteiger partial charge < -0.3 is 0 Å². The van der Waals surface area contributed by atoms with Crippen LogP contribution in [-0.2, 0) is 0 Å². The fraction of sp³-hybridized carbons (Fsp3) is 0.706. The molecular formula is C17H27F4NSn. The molecular weight excluding hydrogens is 413 g/mol. The Hall–Kier alpha value is -0.331. The van der Waals surface area contributed by atoms with Crippen molar-refractivity contribution in [3.8, 4) is 0 Å². The Morgan fingerprint density at radius 2 is 1.13 bits per heavy atom. The van der Waals surface area contributed by atoms with Gasteiger partial charge in [-0.05, 0) is 0 Å².